The Morgan fingerprint density at radius 2 is 1.67 bits per heavy atom. The molecular weight excluding hydrogens is 328 g/mol. The summed E-state index contributed by atoms with van der Waals surface area (Å²) in [5, 5.41) is 3.30. The molecule has 0 radical (unpaired) electrons. The van der Waals surface area contributed by atoms with Crippen molar-refractivity contribution < 1.29 is 13.5 Å². The first kappa shape index (κ1) is 15.9. The lowest BCUT2D eigenvalue weighted by atomic mass is 10.1. The van der Waals surface area contributed by atoms with E-state index in [1.165, 1.54) is 12.1 Å². The Morgan fingerprint density at radius 3 is 2.25 bits per heavy atom. The third kappa shape index (κ3) is 2.91. The van der Waals surface area contributed by atoms with Crippen LogP contribution in [0.4, 0.5) is 8.78 Å². The van der Waals surface area contributed by atoms with Crippen molar-refractivity contribution >= 4 is 11.8 Å². The summed E-state index contributed by atoms with van der Waals surface area (Å²) in [5.74, 6) is 0.141. The highest BCUT2D eigenvalue weighted by Crippen LogP contribution is 2.48. The summed E-state index contributed by atoms with van der Waals surface area (Å²) >= 11 is 1.63. The summed E-state index contributed by atoms with van der Waals surface area (Å²) in [6.07, 6.45) is 1.99. The van der Waals surface area contributed by atoms with Gasteiger partial charge in [0.2, 0.25) is 0 Å². The number of ether oxygens (including phenoxy) is 1. The highest BCUT2D eigenvalue weighted by molar-refractivity contribution is 7.98. The lowest BCUT2D eigenvalue weighted by molar-refractivity contribution is 0.255. The molecule has 126 valence electrons. The molecule has 2 nitrogen and oxygen atoms in total. The van der Waals surface area contributed by atoms with Gasteiger partial charge in [-0.15, -0.1) is 11.8 Å². The molecule has 1 heterocycles. The zero-order valence-electron chi connectivity index (χ0n) is 13.4. The second-order valence-electron chi connectivity index (χ2n) is 6.46. The van der Waals surface area contributed by atoms with Crippen molar-refractivity contribution in [1.82, 2.24) is 5.32 Å². The number of piperidine rings is 1. The van der Waals surface area contributed by atoms with Gasteiger partial charge in [-0.05, 0) is 66.6 Å². The van der Waals surface area contributed by atoms with Gasteiger partial charge in [-0.2, -0.15) is 0 Å². The Morgan fingerprint density at radius 1 is 1.04 bits per heavy atom. The standard InChI is InChI=1S/C19H19F2NOS/c1-24-13-4-2-11(3-5-13)12-6-17(20)19(18(21)7-12)23-10-16-14-8-22-9-15(14)16/h2-7,14-16,22H,8-10H2,1H3. The zero-order chi connectivity index (χ0) is 16.7. The molecule has 4 rings (SSSR count). The minimum atomic E-state index is -0.636. The number of nitrogens with one attached hydrogen (secondary N) is 1. The summed E-state index contributed by atoms with van der Waals surface area (Å²) < 4.78 is 34.1. The molecule has 0 spiro atoms. The number of halogens is 2. The molecule has 2 unspecified atom stereocenters. The number of hydrogen-bond acceptors (Lipinski definition) is 3. The van der Waals surface area contributed by atoms with Crippen molar-refractivity contribution in [2.75, 3.05) is 26.0 Å². The van der Waals surface area contributed by atoms with Gasteiger partial charge in [0, 0.05) is 10.8 Å². The van der Waals surface area contributed by atoms with E-state index in [-0.39, 0.29) is 5.75 Å². The molecule has 1 saturated heterocycles. The Bertz CT molecular complexity index is 717. The maximum atomic E-state index is 14.3. The maximum Gasteiger partial charge on any atom is 0.190 e. The van der Waals surface area contributed by atoms with Gasteiger partial charge < -0.3 is 10.1 Å². The van der Waals surface area contributed by atoms with Gasteiger partial charge in [0.25, 0.3) is 0 Å². The number of fused-ring (bicyclic) bond motifs is 1. The second-order valence-corrected chi connectivity index (χ2v) is 7.34. The van der Waals surface area contributed by atoms with Gasteiger partial charge >= 0.3 is 0 Å². The molecule has 24 heavy (non-hydrogen) atoms. The molecule has 1 N–H and O–H groups in total. The Labute approximate surface area is 144 Å². The van der Waals surface area contributed by atoms with Crippen molar-refractivity contribution in [3.63, 3.8) is 0 Å². The number of benzene rings is 2. The van der Waals surface area contributed by atoms with E-state index in [1.807, 2.05) is 30.5 Å². The predicted octanol–water partition coefficient (Wildman–Crippen LogP) is 4.20. The first-order valence-corrected chi connectivity index (χ1v) is 9.37. The number of thioether (sulfide) groups is 1. The van der Waals surface area contributed by atoms with Gasteiger partial charge in [-0.1, -0.05) is 12.1 Å². The average Bonchev–Trinajstić information content (AvgIpc) is 3.02. The lowest BCUT2D eigenvalue weighted by Gasteiger charge is -2.11. The first-order valence-electron chi connectivity index (χ1n) is 8.14. The van der Waals surface area contributed by atoms with Crippen LogP contribution in [0.3, 0.4) is 0 Å². The monoisotopic (exact) mass is 347 g/mol. The summed E-state index contributed by atoms with van der Waals surface area (Å²) in [4.78, 5) is 1.11. The zero-order valence-corrected chi connectivity index (χ0v) is 14.2. The highest BCUT2D eigenvalue weighted by Gasteiger charge is 2.53. The molecule has 0 bridgehead atoms. The second kappa shape index (κ2) is 6.37. The molecule has 2 fully saturated rings. The third-order valence-electron chi connectivity index (χ3n) is 5.11. The topological polar surface area (TPSA) is 21.3 Å². The first-order chi connectivity index (χ1) is 11.7. The van der Waals surface area contributed by atoms with Crippen LogP contribution in [-0.4, -0.2) is 26.0 Å². The maximum absolute atomic E-state index is 14.3. The minimum absolute atomic E-state index is 0.252. The Kier molecular flexibility index (Phi) is 4.22. The summed E-state index contributed by atoms with van der Waals surface area (Å²) in [6.45, 7) is 2.38. The minimum Gasteiger partial charge on any atom is -0.487 e. The van der Waals surface area contributed by atoms with Gasteiger partial charge in [0.1, 0.15) is 0 Å². The van der Waals surface area contributed by atoms with Crippen molar-refractivity contribution in [3.05, 3.63) is 48.0 Å². The van der Waals surface area contributed by atoms with Crippen molar-refractivity contribution in [2.45, 2.75) is 4.90 Å². The normalized spacial score (nSPS) is 24.7. The fourth-order valence-electron chi connectivity index (χ4n) is 3.62. The SMILES string of the molecule is CSc1ccc(-c2cc(F)c(OCC3C4CNCC43)c(F)c2)cc1. The Balaban J connectivity index is 1.49. The van der Waals surface area contributed by atoms with E-state index in [0.717, 1.165) is 23.5 Å². The van der Waals surface area contributed by atoms with E-state index in [4.69, 9.17) is 4.74 Å². The van der Waals surface area contributed by atoms with Crippen LogP contribution in [0.2, 0.25) is 0 Å². The van der Waals surface area contributed by atoms with Crippen LogP contribution in [0.15, 0.2) is 41.3 Å². The van der Waals surface area contributed by atoms with Gasteiger partial charge in [-0.25, -0.2) is 8.78 Å². The number of rotatable bonds is 5. The van der Waals surface area contributed by atoms with Gasteiger partial charge in [-0.3, -0.25) is 0 Å². The van der Waals surface area contributed by atoms with E-state index in [9.17, 15) is 8.78 Å². The summed E-state index contributed by atoms with van der Waals surface area (Å²) in [6, 6.07) is 10.3. The highest BCUT2D eigenvalue weighted by atomic mass is 32.2. The van der Waals surface area contributed by atoms with Crippen molar-refractivity contribution in [1.29, 1.82) is 0 Å². The smallest absolute Gasteiger partial charge is 0.190 e. The average molecular weight is 347 g/mol. The molecule has 2 aromatic carbocycles. The van der Waals surface area contributed by atoms with Crippen molar-refractivity contribution in [3.8, 4) is 16.9 Å². The third-order valence-corrected chi connectivity index (χ3v) is 5.85. The molecule has 0 aromatic heterocycles. The van der Waals surface area contributed by atoms with E-state index < -0.39 is 11.6 Å². The van der Waals surface area contributed by atoms with E-state index >= 15 is 0 Å². The molecule has 1 saturated carbocycles. The molecule has 5 heteroatoms. The van der Waals surface area contributed by atoms with Crippen LogP contribution in [0.5, 0.6) is 5.75 Å². The fourth-order valence-corrected chi connectivity index (χ4v) is 4.03. The van der Waals surface area contributed by atoms with Crippen LogP contribution in [-0.2, 0) is 0 Å². The molecular formula is C19H19F2NOS. The quantitative estimate of drug-likeness (QED) is 0.819. The van der Waals surface area contributed by atoms with Crippen LogP contribution in [0.1, 0.15) is 0 Å². The molecule has 1 aliphatic carbocycles. The number of hydrogen-bond donors (Lipinski definition) is 1. The van der Waals surface area contributed by atoms with Crippen LogP contribution in [0, 0.1) is 29.4 Å². The fraction of sp³-hybridized carbons (Fsp3) is 0.368. The Hall–Kier alpha value is -1.59. The van der Waals surface area contributed by atoms with Crippen LogP contribution < -0.4 is 10.1 Å². The lowest BCUT2D eigenvalue weighted by Crippen LogP contribution is -2.18. The van der Waals surface area contributed by atoms with Crippen molar-refractivity contribution in [2.24, 2.45) is 17.8 Å². The van der Waals surface area contributed by atoms with E-state index in [2.05, 4.69) is 5.32 Å². The molecule has 1 aliphatic heterocycles. The summed E-state index contributed by atoms with van der Waals surface area (Å²) in [5.41, 5.74) is 1.32. The van der Waals surface area contributed by atoms with E-state index in [1.54, 1.807) is 11.8 Å². The van der Waals surface area contributed by atoms with Gasteiger partial charge in [0.05, 0.1) is 6.61 Å². The molecule has 2 aliphatic rings. The predicted molar refractivity (Wildman–Crippen MR) is 92.4 cm³/mol. The molecule has 0 amide bonds. The van der Waals surface area contributed by atoms with Crippen LogP contribution >= 0.6 is 11.8 Å². The van der Waals surface area contributed by atoms with Gasteiger partial charge in [0.15, 0.2) is 17.4 Å². The summed E-state index contributed by atoms with van der Waals surface area (Å²) in [7, 11) is 0. The molecule has 2 atom stereocenters. The van der Waals surface area contributed by atoms with E-state index in [0.29, 0.717) is 29.9 Å². The largest absolute Gasteiger partial charge is 0.487 e. The molecule has 2 aromatic rings. The van der Waals surface area contributed by atoms with Crippen LogP contribution in [0.25, 0.3) is 11.1 Å².